The molecule has 3 unspecified atom stereocenters. The highest BCUT2D eigenvalue weighted by Crippen LogP contribution is 2.53. The lowest BCUT2D eigenvalue weighted by molar-refractivity contribution is -0.367. The van der Waals surface area contributed by atoms with Crippen molar-refractivity contribution in [3.8, 4) is 0 Å². The lowest BCUT2D eigenvalue weighted by Gasteiger charge is -2.64. The number of ether oxygens (including phenoxy) is 3. The fraction of sp³-hybridized carbons (Fsp3) is 0.950. The minimum atomic E-state index is -0.572. The third kappa shape index (κ3) is 3.47. The number of carbonyl (C=O) groups excluding carboxylic acids is 1. The Balaban J connectivity index is 2.24. The van der Waals surface area contributed by atoms with Crippen molar-refractivity contribution in [2.24, 2.45) is 11.3 Å². The van der Waals surface area contributed by atoms with E-state index in [1.807, 2.05) is 0 Å². The Morgan fingerprint density at radius 2 is 1.72 bits per heavy atom. The molecule has 5 nitrogen and oxygen atoms in total. The first-order chi connectivity index (χ1) is 11.5. The third-order valence-electron chi connectivity index (χ3n) is 7.23. The molecule has 2 aliphatic heterocycles. The van der Waals surface area contributed by atoms with Crippen molar-refractivity contribution in [2.45, 2.75) is 84.6 Å². The van der Waals surface area contributed by atoms with Crippen molar-refractivity contribution in [1.82, 2.24) is 4.90 Å². The molecule has 2 fully saturated rings. The Kier molecular flexibility index (Phi) is 5.64. The fourth-order valence-electron chi connectivity index (χ4n) is 4.48. The van der Waals surface area contributed by atoms with Crippen LogP contribution in [-0.4, -0.2) is 54.6 Å². The molecule has 2 heterocycles. The predicted octanol–water partition coefficient (Wildman–Crippen LogP) is 3.61. The summed E-state index contributed by atoms with van der Waals surface area (Å²) >= 11 is 0. The molecular formula is C20H37NO4. The number of likely N-dealkylation sites (tertiary alicyclic amines) is 1. The smallest absolute Gasteiger partial charge is 0.302 e. The molecule has 2 rings (SSSR count). The molecule has 0 aromatic heterocycles. The molecular weight excluding hydrogens is 318 g/mol. The maximum atomic E-state index is 11.2. The summed E-state index contributed by atoms with van der Waals surface area (Å²) in [6.45, 7) is 16.3. The fourth-order valence-corrected chi connectivity index (χ4v) is 4.48. The van der Waals surface area contributed by atoms with E-state index in [-0.39, 0.29) is 28.4 Å². The Morgan fingerprint density at radius 1 is 1.16 bits per heavy atom. The van der Waals surface area contributed by atoms with Gasteiger partial charge in [-0.1, -0.05) is 27.7 Å². The van der Waals surface area contributed by atoms with Crippen LogP contribution in [0.1, 0.15) is 67.7 Å². The Bertz CT molecular complexity index is 500. The second-order valence-electron chi connectivity index (χ2n) is 9.00. The van der Waals surface area contributed by atoms with Crippen LogP contribution >= 0.6 is 0 Å². The van der Waals surface area contributed by atoms with E-state index in [1.165, 1.54) is 6.92 Å². The first kappa shape index (κ1) is 20.7. The van der Waals surface area contributed by atoms with Crippen LogP contribution in [0.2, 0.25) is 0 Å². The van der Waals surface area contributed by atoms with Gasteiger partial charge in [0.05, 0.1) is 13.2 Å². The van der Waals surface area contributed by atoms with E-state index in [2.05, 4.69) is 53.5 Å². The van der Waals surface area contributed by atoms with E-state index in [1.54, 1.807) is 0 Å². The molecule has 0 amide bonds. The molecule has 0 radical (unpaired) electrons. The molecule has 0 saturated carbocycles. The van der Waals surface area contributed by atoms with Crippen LogP contribution in [0, 0.1) is 11.3 Å². The van der Waals surface area contributed by atoms with Crippen molar-refractivity contribution in [2.75, 3.05) is 26.9 Å². The van der Waals surface area contributed by atoms with Crippen molar-refractivity contribution in [3.63, 3.8) is 0 Å². The minimum Gasteiger partial charge on any atom is -0.465 e. The van der Waals surface area contributed by atoms with E-state index in [0.717, 1.165) is 19.3 Å². The minimum absolute atomic E-state index is 0.00658. The second-order valence-corrected chi connectivity index (χ2v) is 9.00. The average Bonchev–Trinajstić information content (AvgIpc) is 2.59. The molecule has 146 valence electrons. The van der Waals surface area contributed by atoms with Gasteiger partial charge in [0.25, 0.3) is 0 Å². The molecule has 0 N–H and O–H groups in total. The van der Waals surface area contributed by atoms with Gasteiger partial charge >= 0.3 is 5.97 Å². The number of nitrogens with zero attached hydrogens (tertiary/aromatic N) is 1. The lowest BCUT2D eigenvalue weighted by atomic mass is 9.66. The Morgan fingerprint density at radius 3 is 2.16 bits per heavy atom. The molecule has 0 bridgehead atoms. The van der Waals surface area contributed by atoms with Crippen molar-refractivity contribution in [1.29, 1.82) is 0 Å². The van der Waals surface area contributed by atoms with Crippen LogP contribution in [0.3, 0.4) is 0 Å². The maximum Gasteiger partial charge on any atom is 0.302 e. The van der Waals surface area contributed by atoms with Crippen molar-refractivity contribution in [3.05, 3.63) is 0 Å². The van der Waals surface area contributed by atoms with Crippen LogP contribution in [0.15, 0.2) is 0 Å². The summed E-state index contributed by atoms with van der Waals surface area (Å²) in [7, 11) is 2.24. The Hall–Kier alpha value is -0.650. The van der Waals surface area contributed by atoms with Crippen LogP contribution in [0.4, 0.5) is 0 Å². The van der Waals surface area contributed by atoms with Gasteiger partial charge < -0.3 is 14.2 Å². The molecule has 25 heavy (non-hydrogen) atoms. The molecule has 0 aromatic rings. The SMILES string of the molecule is CCC1(C)CC2(OCC(C)(COC(C)=O)CO2)C(C)C(C)(CC)N1C. The zero-order chi connectivity index (χ0) is 19.1. The molecule has 0 aliphatic carbocycles. The number of piperidine rings is 1. The second kappa shape index (κ2) is 6.82. The first-order valence-corrected chi connectivity index (χ1v) is 9.62. The summed E-state index contributed by atoms with van der Waals surface area (Å²) in [6, 6.07) is 0. The predicted molar refractivity (Wildman–Crippen MR) is 98.3 cm³/mol. The van der Waals surface area contributed by atoms with Gasteiger partial charge in [-0.05, 0) is 33.7 Å². The third-order valence-corrected chi connectivity index (χ3v) is 7.23. The topological polar surface area (TPSA) is 48.0 Å². The van der Waals surface area contributed by atoms with E-state index >= 15 is 0 Å². The lowest BCUT2D eigenvalue weighted by Crippen LogP contribution is -2.73. The van der Waals surface area contributed by atoms with E-state index in [0.29, 0.717) is 19.8 Å². The highest BCUT2D eigenvalue weighted by atomic mass is 16.7. The average molecular weight is 356 g/mol. The Labute approximate surface area is 153 Å². The van der Waals surface area contributed by atoms with Crippen molar-refractivity contribution >= 4 is 5.97 Å². The van der Waals surface area contributed by atoms with Gasteiger partial charge in [-0.25, -0.2) is 0 Å². The number of carbonyl (C=O) groups is 1. The van der Waals surface area contributed by atoms with E-state index in [9.17, 15) is 4.79 Å². The standard InChI is InChI=1S/C20H37NO4/c1-9-18(6)11-20(15(3)19(7,10-2)21(18)8)24-13-17(5,14-25-20)12-23-16(4)22/h15H,9-14H2,1-8H3. The number of hydrogen-bond donors (Lipinski definition) is 0. The van der Waals surface area contributed by atoms with Crippen LogP contribution in [-0.2, 0) is 19.0 Å². The summed E-state index contributed by atoms with van der Waals surface area (Å²) in [5, 5.41) is 0. The summed E-state index contributed by atoms with van der Waals surface area (Å²) < 4.78 is 18.2. The van der Waals surface area contributed by atoms with E-state index in [4.69, 9.17) is 14.2 Å². The summed E-state index contributed by atoms with van der Waals surface area (Å²) in [5.74, 6) is -0.586. The van der Waals surface area contributed by atoms with Gasteiger partial charge in [0, 0.05) is 35.8 Å². The highest BCUT2D eigenvalue weighted by Gasteiger charge is 2.61. The van der Waals surface area contributed by atoms with Gasteiger partial charge in [-0.2, -0.15) is 0 Å². The highest BCUT2D eigenvalue weighted by molar-refractivity contribution is 5.65. The first-order valence-electron chi connectivity index (χ1n) is 9.62. The molecule has 5 heteroatoms. The molecule has 0 aromatic carbocycles. The van der Waals surface area contributed by atoms with Crippen molar-refractivity contribution < 1.29 is 19.0 Å². The number of rotatable bonds is 4. The molecule has 1 spiro atoms. The van der Waals surface area contributed by atoms with E-state index < -0.39 is 5.79 Å². The summed E-state index contributed by atoms with van der Waals surface area (Å²) in [5.41, 5.74) is -0.251. The van der Waals surface area contributed by atoms with Gasteiger partial charge in [-0.15, -0.1) is 0 Å². The number of esters is 1. The zero-order valence-corrected chi connectivity index (χ0v) is 17.4. The quantitative estimate of drug-likeness (QED) is 0.721. The van der Waals surface area contributed by atoms with Crippen LogP contribution in [0.5, 0.6) is 0 Å². The monoisotopic (exact) mass is 355 g/mol. The van der Waals surface area contributed by atoms with Gasteiger partial charge in [-0.3, -0.25) is 9.69 Å². The largest absolute Gasteiger partial charge is 0.465 e. The summed E-state index contributed by atoms with van der Waals surface area (Å²) in [4.78, 5) is 13.7. The van der Waals surface area contributed by atoms with Gasteiger partial charge in [0.2, 0.25) is 0 Å². The molecule has 2 saturated heterocycles. The van der Waals surface area contributed by atoms with Crippen LogP contribution < -0.4 is 0 Å². The molecule has 2 aliphatic rings. The zero-order valence-electron chi connectivity index (χ0n) is 17.4. The summed E-state index contributed by atoms with van der Waals surface area (Å²) in [6.07, 6.45) is 2.94. The maximum absolute atomic E-state index is 11.2. The van der Waals surface area contributed by atoms with Gasteiger partial charge in [0.1, 0.15) is 6.61 Å². The number of hydrogen-bond acceptors (Lipinski definition) is 5. The molecule has 3 atom stereocenters. The normalized spacial score (nSPS) is 45.5. The van der Waals surface area contributed by atoms with Gasteiger partial charge in [0.15, 0.2) is 5.79 Å². The van der Waals surface area contributed by atoms with Crippen LogP contribution in [0.25, 0.3) is 0 Å².